The van der Waals surface area contributed by atoms with E-state index in [1.165, 1.54) is 29.3 Å². The van der Waals surface area contributed by atoms with Crippen molar-refractivity contribution in [1.82, 2.24) is 34.9 Å². The van der Waals surface area contributed by atoms with E-state index in [0.29, 0.717) is 22.5 Å². The van der Waals surface area contributed by atoms with Gasteiger partial charge in [0.15, 0.2) is 11.5 Å². The fourth-order valence-electron chi connectivity index (χ4n) is 2.66. The van der Waals surface area contributed by atoms with Crippen LogP contribution in [0.25, 0.3) is 11.2 Å². The first-order chi connectivity index (χ1) is 13.5. The van der Waals surface area contributed by atoms with Crippen LogP contribution < -0.4 is 10.1 Å². The number of fused-ring (bicyclic) bond motifs is 1. The minimum atomic E-state index is -2.98. The van der Waals surface area contributed by atoms with E-state index >= 15 is 0 Å². The number of anilines is 2. The normalized spacial score (nSPS) is 12.5. The minimum absolute atomic E-state index is 0.266. The average molecular weight is 390 g/mol. The largest absolute Gasteiger partial charge is 0.415 e. The monoisotopic (exact) mass is 390 g/mol. The molecule has 0 amide bonds. The zero-order chi connectivity index (χ0) is 19.7. The van der Waals surface area contributed by atoms with Gasteiger partial charge in [0.05, 0.1) is 18.4 Å². The molecule has 4 rings (SSSR count). The van der Waals surface area contributed by atoms with Gasteiger partial charge in [0.2, 0.25) is 11.8 Å². The van der Waals surface area contributed by atoms with Crippen LogP contribution in [0.3, 0.4) is 0 Å². The lowest BCUT2D eigenvalue weighted by molar-refractivity contribution is -0.0528. The lowest BCUT2D eigenvalue weighted by atomic mass is 10.1. The summed E-state index contributed by atoms with van der Waals surface area (Å²) >= 11 is 0. The highest BCUT2D eigenvalue weighted by Crippen LogP contribution is 2.24. The number of pyridine rings is 1. The number of H-pyrrole nitrogens is 1. The van der Waals surface area contributed by atoms with E-state index in [1.54, 1.807) is 19.1 Å². The summed E-state index contributed by atoms with van der Waals surface area (Å²) in [5.41, 5.74) is 1.27. The number of nitrogens with zero attached hydrogens (tertiary/aromatic N) is 6. The SMILES string of the molecule is CC(c1cccnc1F)n1ncc2ncc(Nc3cc(OC(F)F)n[nH]3)nc21. The predicted octanol–water partition coefficient (Wildman–Crippen LogP) is 3.04. The van der Waals surface area contributed by atoms with Crippen LogP contribution in [0.4, 0.5) is 24.8 Å². The van der Waals surface area contributed by atoms with Crippen molar-refractivity contribution < 1.29 is 17.9 Å². The summed E-state index contributed by atoms with van der Waals surface area (Å²) in [7, 11) is 0. The molecule has 0 aliphatic rings. The van der Waals surface area contributed by atoms with Gasteiger partial charge in [-0.05, 0) is 13.0 Å². The van der Waals surface area contributed by atoms with E-state index in [4.69, 9.17) is 0 Å². The van der Waals surface area contributed by atoms with Gasteiger partial charge in [-0.2, -0.15) is 18.3 Å². The van der Waals surface area contributed by atoms with Crippen molar-refractivity contribution in [2.24, 2.45) is 0 Å². The highest BCUT2D eigenvalue weighted by atomic mass is 19.3. The van der Waals surface area contributed by atoms with Crippen LogP contribution in [0.2, 0.25) is 0 Å². The van der Waals surface area contributed by atoms with Gasteiger partial charge in [-0.1, -0.05) is 6.07 Å². The molecular weight excluding hydrogens is 377 g/mol. The van der Waals surface area contributed by atoms with Gasteiger partial charge >= 0.3 is 6.61 Å². The van der Waals surface area contributed by atoms with E-state index in [9.17, 15) is 13.2 Å². The van der Waals surface area contributed by atoms with Crippen LogP contribution in [0, 0.1) is 5.95 Å². The lowest BCUT2D eigenvalue weighted by Gasteiger charge is -2.13. The summed E-state index contributed by atoms with van der Waals surface area (Å²) in [6.45, 7) is -1.21. The van der Waals surface area contributed by atoms with Gasteiger partial charge in [0.1, 0.15) is 11.3 Å². The number of hydrogen-bond acceptors (Lipinski definition) is 7. The number of ether oxygens (including phenoxy) is 1. The second kappa shape index (κ2) is 7.13. The molecule has 9 nitrogen and oxygen atoms in total. The Morgan fingerprint density at radius 1 is 1.25 bits per heavy atom. The number of halogens is 3. The second-order valence-electron chi connectivity index (χ2n) is 5.74. The maximum Gasteiger partial charge on any atom is 0.388 e. The molecule has 0 aromatic carbocycles. The molecule has 1 atom stereocenters. The zero-order valence-corrected chi connectivity index (χ0v) is 14.3. The van der Waals surface area contributed by atoms with Crippen LogP contribution in [-0.4, -0.2) is 41.5 Å². The van der Waals surface area contributed by atoms with Crippen molar-refractivity contribution in [2.45, 2.75) is 19.6 Å². The van der Waals surface area contributed by atoms with Gasteiger partial charge in [-0.15, -0.1) is 5.10 Å². The molecule has 12 heteroatoms. The lowest BCUT2D eigenvalue weighted by Crippen LogP contribution is -2.12. The molecule has 144 valence electrons. The predicted molar refractivity (Wildman–Crippen MR) is 91.8 cm³/mol. The molecule has 0 spiro atoms. The zero-order valence-electron chi connectivity index (χ0n) is 14.3. The Hall–Kier alpha value is -3.70. The van der Waals surface area contributed by atoms with Crippen LogP contribution in [-0.2, 0) is 0 Å². The van der Waals surface area contributed by atoms with E-state index in [-0.39, 0.29) is 11.7 Å². The first-order valence-electron chi connectivity index (χ1n) is 8.09. The molecule has 0 saturated heterocycles. The topological polar surface area (TPSA) is 106 Å². The molecule has 1 unspecified atom stereocenters. The third-order valence-corrected chi connectivity index (χ3v) is 3.93. The first-order valence-corrected chi connectivity index (χ1v) is 8.09. The maximum absolute atomic E-state index is 14.0. The van der Waals surface area contributed by atoms with E-state index in [1.807, 2.05) is 0 Å². The molecule has 0 fully saturated rings. The fourth-order valence-corrected chi connectivity index (χ4v) is 2.66. The molecular formula is C16H13F3N8O. The van der Waals surface area contributed by atoms with Gasteiger partial charge in [-0.25, -0.2) is 19.6 Å². The number of rotatable bonds is 6. The van der Waals surface area contributed by atoms with Crippen molar-refractivity contribution in [1.29, 1.82) is 0 Å². The summed E-state index contributed by atoms with van der Waals surface area (Å²) < 4.78 is 44.2. The smallest absolute Gasteiger partial charge is 0.388 e. The number of aromatic nitrogens is 7. The maximum atomic E-state index is 14.0. The Kier molecular flexibility index (Phi) is 4.51. The van der Waals surface area contributed by atoms with Crippen LogP contribution in [0.5, 0.6) is 5.88 Å². The van der Waals surface area contributed by atoms with Gasteiger partial charge in [0, 0.05) is 17.8 Å². The summed E-state index contributed by atoms with van der Waals surface area (Å²) in [5, 5.41) is 13.2. The standard InChI is InChI=1S/C16H13F3N8O/c1-8(9-3-2-4-20-14(9)17)27-15-10(6-22-27)21-7-12(24-15)23-11-5-13(26-25-11)28-16(18)19/h2-8,16H,1H3,(H2,23,24,25,26). The third kappa shape index (κ3) is 3.43. The van der Waals surface area contributed by atoms with Crippen LogP contribution in [0.1, 0.15) is 18.5 Å². The highest BCUT2D eigenvalue weighted by Gasteiger charge is 2.18. The molecule has 0 aliphatic carbocycles. The molecule has 0 saturated carbocycles. The molecule has 4 aromatic heterocycles. The Morgan fingerprint density at radius 2 is 2.11 bits per heavy atom. The summed E-state index contributed by atoms with van der Waals surface area (Å²) in [6, 6.07) is 4.03. The van der Waals surface area contributed by atoms with Gasteiger partial charge < -0.3 is 10.1 Å². The van der Waals surface area contributed by atoms with Crippen molar-refractivity contribution >= 4 is 22.8 Å². The number of hydrogen-bond donors (Lipinski definition) is 2. The average Bonchev–Trinajstić information content (AvgIpc) is 3.27. The van der Waals surface area contributed by atoms with E-state index in [2.05, 4.69) is 40.3 Å². The van der Waals surface area contributed by atoms with Crippen molar-refractivity contribution in [3.8, 4) is 5.88 Å². The van der Waals surface area contributed by atoms with Gasteiger partial charge in [0.25, 0.3) is 0 Å². The number of nitrogens with one attached hydrogen (secondary N) is 2. The summed E-state index contributed by atoms with van der Waals surface area (Å²) in [6.07, 6.45) is 4.32. The first kappa shape index (κ1) is 17.7. The Morgan fingerprint density at radius 3 is 2.89 bits per heavy atom. The Labute approximate surface area is 155 Å². The summed E-state index contributed by atoms with van der Waals surface area (Å²) in [5.74, 6) is -0.274. The molecule has 28 heavy (non-hydrogen) atoms. The molecule has 4 aromatic rings. The van der Waals surface area contributed by atoms with Crippen molar-refractivity contribution in [3.05, 3.63) is 48.3 Å². The van der Waals surface area contributed by atoms with Crippen LogP contribution in [0.15, 0.2) is 36.8 Å². The van der Waals surface area contributed by atoms with Crippen molar-refractivity contribution in [3.63, 3.8) is 0 Å². The third-order valence-electron chi connectivity index (χ3n) is 3.93. The second-order valence-corrected chi connectivity index (χ2v) is 5.74. The van der Waals surface area contributed by atoms with Gasteiger partial charge in [-0.3, -0.25) is 5.10 Å². The minimum Gasteiger partial charge on any atom is -0.415 e. The Bertz CT molecular complexity index is 1110. The molecule has 4 heterocycles. The number of aromatic amines is 1. The van der Waals surface area contributed by atoms with E-state index in [0.717, 1.165) is 0 Å². The summed E-state index contributed by atoms with van der Waals surface area (Å²) in [4.78, 5) is 12.3. The quantitative estimate of drug-likeness (QED) is 0.487. The highest BCUT2D eigenvalue weighted by molar-refractivity contribution is 5.72. The molecule has 0 bridgehead atoms. The molecule has 0 radical (unpaired) electrons. The van der Waals surface area contributed by atoms with Crippen LogP contribution >= 0.6 is 0 Å². The molecule has 2 N–H and O–H groups in total. The number of alkyl halides is 2. The molecule has 0 aliphatic heterocycles. The fraction of sp³-hybridized carbons (Fsp3) is 0.188. The Balaban J connectivity index is 1.63. The van der Waals surface area contributed by atoms with E-state index < -0.39 is 18.6 Å². The van der Waals surface area contributed by atoms with Crippen molar-refractivity contribution in [2.75, 3.05) is 5.32 Å².